The first kappa shape index (κ1) is 21.8. The summed E-state index contributed by atoms with van der Waals surface area (Å²) in [4.78, 5) is 12.4. The van der Waals surface area contributed by atoms with Crippen LogP contribution in [0.5, 0.6) is 11.5 Å². The highest BCUT2D eigenvalue weighted by molar-refractivity contribution is 6.00. The Hall–Kier alpha value is -4.39. The summed E-state index contributed by atoms with van der Waals surface area (Å²) in [5, 5.41) is 20.6. The van der Waals surface area contributed by atoms with Crippen molar-refractivity contribution in [1.29, 1.82) is 0 Å². The van der Waals surface area contributed by atoms with E-state index in [1.54, 1.807) is 37.3 Å². The van der Waals surface area contributed by atoms with Gasteiger partial charge in [-0.05, 0) is 61.9 Å². The standard InChI is InChI=1S/C26H24N4O3/c1-17-6-8-19(9-7-17)16-33-23-12-10-20(11-13-23)24-15-25(29-28-24)26(32)30-27-18(2)21-4-3-5-22(31)14-21/h3-15,31H,16H2,1-2H3,(H,28,29)(H,30,32). The smallest absolute Gasteiger partial charge is 0.289 e. The van der Waals surface area contributed by atoms with Crippen LogP contribution in [0.2, 0.25) is 0 Å². The average Bonchev–Trinajstić information content (AvgIpc) is 3.33. The number of hydrazone groups is 1. The number of nitrogens with zero attached hydrogens (tertiary/aromatic N) is 2. The maximum atomic E-state index is 12.4. The van der Waals surface area contributed by atoms with Crippen LogP contribution in [0, 0.1) is 6.92 Å². The van der Waals surface area contributed by atoms with E-state index in [-0.39, 0.29) is 11.4 Å². The molecule has 0 radical (unpaired) electrons. The number of carbonyl (C=O) groups excluding carboxylic acids is 1. The molecule has 0 bridgehead atoms. The molecule has 1 amide bonds. The molecule has 0 atom stereocenters. The van der Waals surface area contributed by atoms with Crippen LogP contribution in [0.4, 0.5) is 0 Å². The average molecular weight is 441 g/mol. The van der Waals surface area contributed by atoms with Crippen LogP contribution in [0.1, 0.15) is 34.1 Å². The second-order valence-electron chi connectivity index (χ2n) is 7.65. The number of H-pyrrole nitrogens is 1. The number of benzene rings is 3. The van der Waals surface area contributed by atoms with Gasteiger partial charge in [-0.2, -0.15) is 10.2 Å². The number of carbonyl (C=O) groups is 1. The van der Waals surface area contributed by atoms with E-state index in [2.05, 4.69) is 51.9 Å². The third-order valence-corrected chi connectivity index (χ3v) is 5.09. The van der Waals surface area contributed by atoms with Crippen molar-refractivity contribution in [2.24, 2.45) is 5.10 Å². The number of rotatable bonds is 7. The fourth-order valence-electron chi connectivity index (χ4n) is 3.15. The summed E-state index contributed by atoms with van der Waals surface area (Å²) < 4.78 is 5.84. The van der Waals surface area contributed by atoms with Gasteiger partial charge in [-0.1, -0.05) is 42.0 Å². The zero-order chi connectivity index (χ0) is 23.2. The van der Waals surface area contributed by atoms with E-state index in [0.717, 1.165) is 16.9 Å². The zero-order valence-electron chi connectivity index (χ0n) is 18.4. The second-order valence-corrected chi connectivity index (χ2v) is 7.65. The molecule has 4 rings (SSSR count). The Morgan fingerprint density at radius 2 is 1.82 bits per heavy atom. The molecule has 3 aromatic carbocycles. The summed E-state index contributed by atoms with van der Waals surface area (Å²) >= 11 is 0. The number of aromatic hydroxyl groups is 1. The van der Waals surface area contributed by atoms with Gasteiger partial charge in [0.25, 0.3) is 5.91 Å². The van der Waals surface area contributed by atoms with Gasteiger partial charge in [0, 0.05) is 11.1 Å². The van der Waals surface area contributed by atoms with Crippen molar-refractivity contribution in [3.63, 3.8) is 0 Å². The summed E-state index contributed by atoms with van der Waals surface area (Å²) in [7, 11) is 0. The molecular formula is C26H24N4O3. The normalized spacial score (nSPS) is 11.3. The number of aryl methyl sites for hydroxylation is 1. The SMILES string of the molecule is CC(=NNC(=O)c1cc(-c2ccc(OCc3ccc(C)cc3)cc2)n[nH]1)c1cccc(O)c1. The van der Waals surface area contributed by atoms with Crippen molar-refractivity contribution in [3.8, 4) is 22.8 Å². The van der Waals surface area contributed by atoms with Crippen molar-refractivity contribution < 1.29 is 14.6 Å². The number of aromatic nitrogens is 2. The number of hydrogen-bond acceptors (Lipinski definition) is 5. The Labute approximate surface area is 191 Å². The molecule has 0 spiro atoms. The van der Waals surface area contributed by atoms with Gasteiger partial charge < -0.3 is 9.84 Å². The van der Waals surface area contributed by atoms with Crippen molar-refractivity contribution in [3.05, 3.63) is 101 Å². The quantitative estimate of drug-likeness (QED) is 0.283. The number of amides is 1. The maximum Gasteiger partial charge on any atom is 0.289 e. The molecule has 0 saturated carbocycles. The lowest BCUT2D eigenvalue weighted by Crippen LogP contribution is -2.19. The van der Waals surface area contributed by atoms with E-state index in [1.165, 1.54) is 5.56 Å². The highest BCUT2D eigenvalue weighted by Gasteiger charge is 2.11. The summed E-state index contributed by atoms with van der Waals surface area (Å²) in [6.45, 7) is 4.30. The molecule has 0 aliphatic carbocycles. The number of hydrogen-bond donors (Lipinski definition) is 3. The van der Waals surface area contributed by atoms with Crippen LogP contribution >= 0.6 is 0 Å². The molecule has 0 aliphatic heterocycles. The van der Waals surface area contributed by atoms with E-state index in [0.29, 0.717) is 23.6 Å². The molecule has 7 heteroatoms. The van der Waals surface area contributed by atoms with Gasteiger partial charge in [0.2, 0.25) is 0 Å². The summed E-state index contributed by atoms with van der Waals surface area (Å²) in [6.07, 6.45) is 0. The lowest BCUT2D eigenvalue weighted by atomic mass is 10.1. The van der Waals surface area contributed by atoms with Crippen LogP contribution < -0.4 is 10.2 Å². The monoisotopic (exact) mass is 440 g/mol. The molecule has 0 unspecified atom stereocenters. The van der Waals surface area contributed by atoms with Crippen molar-refractivity contribution in [2.75, 3.05) is 0 Å². The largest absolute Gasteiger partial charge is 0.508 e. The number of phenolic OH excluding ortho intramolecular Hbond substituents is 1. The Morgan fingerprint density at radius 1 is 1.06 bits per heavy atom. The van der Waals surface area contributed by atoms with Gasteiger partial charge in [0.05, 0.1) is 11.4 Å². The minimum Gasteiger partial charge on any atom is -0.508 e. The maximum absolute atomic E-state index is 12.4. The Morgan fingerprint density at radius 3 is 2.55 bits per heavy atom. The third-order valence-electron chi connectivity index (χ3n) is 5.09. The van der Waals surface area contributed by atoms with Crippen molar-refractivity contribution >= 4 is 11.6 Å². The summed E-state index contributed by atoms with van der Waals surface area (Å²) in [5.41, 5.74) is 7.89. The lowest BCUT2D eigenvalue weighted by Gasteiger charge is -2.07. The van der Waals surface area contributed by atoms with Gasteiger partial charge in [-0.3, -0.25) is 9.89 Å². The molecule has 7 nitrogen and oxygen atoms in total. The third kappa shape index (κ3) is 5.65. The first-order chi connectivity index (χ1) is 16.0. The van der Waals surface area contributed by atoms with Crippen molar-refractivity contribution in [1.82, 2.24) is 15.6 Å². The Balaban J connectivity index is 1.36. The molecule has 0 fully saturated rings. The van der Waals surface area contributed by atoms with Crippen LogP contribution in [0.3, 0.4) is 0 Å². The molecule has 0 aliphatic rings. The first-order valence-corrected chi connectivity index (χ1v) is 10.5. The van der Waals surface area contributed by atoms with Crippen LogP contribution in [0.15, 0.2) is 84.0 Å². The second kappa shape index (κ2) is 9.82. The minimum atomic E-state index is -0.411. The van der Waals surface area contributed by atoms with E-state index in [9.17, 15) is 9.90 Å². The van der Waals surface area contributed by atoms with Gasteiger partial charge in [-0.15, -0.1) is 0 Å². The lowest BCUT2D eigenvalue weighted by molar-refractivity contribution is 0.0950. The number of ether oxygens (including phenoxy) is 1. The number of phenols is 1. The summed E-state index contributed by atoms with van der Waals surface area (Å²) in [6, 6.07) is 24.1. The van der Waals surface area contributed by atoms with E-state index in [1.807, 2.05) is 24.3 Å². The molecule has 3 N–H and O–H groups in total. The fraction of sp³-hybridized carbons (Fsp3) is 0.115. The number of aromatic amines is 1. The highest BCUT2D eigenvalue weighted by Crippen LogP contribution is 2.22. The predicted molar refractivity (Wildman–Crippen MR) is 127 cm³/mol. The molecule has 4 aromatic rings. The summed E-state index contributed by atoms with van der Waals surface area (Å²) in [5.74, 6) is 0.481. The van der Waals surface area contributed by atoms with Crippen LogP contribution in [-0.4, -0.2) is 26.9 Å². The van der Waals surface area contributed by atoms with Gasteiger partial charge in [0.15, 0.2) is 0 Å². The molecule has 166 valence electrons. The zero-order valence-corrected chi connectivity index (χ0v) is 18.4. The predicted octanol–water partition coefficient (Wildman–Crippen LogP) is 4.82. The fourth-order valence-corrected chi connectivity index (χ4v) is 3.15. The highest BCUT2D eigenvalue weighted by atomic mass is 16.5. The van der Waals surface area contributed by atoms with E-state index in [4.69, 9.17) is 4.74 Å². The number of nitrogens with one attached hydrogen (secondary N) is 2. The van der Waals surface area contributed by atoms with Gasteiger partial charge in [0.1, 0.15) is 23.8 Å². The van der Waals surface area contributed by atoms with E-state index >= 15 is 0 Å². The topological polar surface area (TPSA) is 99.6 Å². The van der Waals surface area contributed by atoms with Crippen LogP contribution in [0.25, 0.3) is 11.3 Å². The molecule has 0 saturated heterocycles. The Kier molecular flexibility index (Phi) is 6.50. The van der Waals surface area contributed by atoms with Gasteiger partial charge in [-0.25, -0.2) is 5.43 Å². The van der Waals surface area contributed by atoms with E-state index < -0.39 is 5.91 Å². The molecule has 33 heavy (non-hydrogen) atoms. The molecular weight excluding hydrogens is 416 g/mol. The van der Waals surface area contributed by atoms with Gasteiger partial charge >= 0.3 is 0 Å². The molecule has 1 aromatic heterocycles. The molecule has 1 heterocycles. The first-order valence-electron chi connectivity index (χ1n) is 10.5. The van der Waals surface area contributed by atoms with Crippen molar-refractivity contribution in [2.45, 2.75) is 20.5 Å². The van der Waals surface area contributed by atoms with Crippen LogP contribution in [-0.2, 0) is 6.61 Å². The minimum absolute atomic E-state index is 0.137. The Bertz CT molecular complexity index is 1280.